The summed E-state index contributed by atoms with van der Waals surface area (Å²) in [5.41, 5.74) is 2.20. The average molecular weight is 241 g/mol. The Kier molecular flexibility index (Phi) is 2.72. The Bertz CT molecular complexity index is 517. The van der Waals surface area contributed by atoms with E-state index < -0.39 is 0 Å². The lowest BCUT2D eigenvalue weighted by molar-refractivity contribution is 0.393. The van der Waals surface area contributed by atoms with Crippen molar-refractivity contribution < 1.29 is 0 Å². The van der Waals surface area contributed by atoms with Gasteiger partial charge in [-0.25, -0.2) is 9.98 Å². The third kappa shape index (κ3) is 1.95. The van der Waals surface area contributed by atoms with Crippen LogP contribution in [0.5, 0.6) is 0 Å². The van der Waals surface area contributed by atoms with Crippen LogP contribution in [-0.2, 0) is 6.54 Å². The average Bonchev–Trinajstić information content (AvgIpc) is 2.87. The normalized spacial score (nSPS) is 20.4. The molecule has 1 aromatic rings. The first-order valence-electron chi connectivity index (χ1n) is 5.91. The molecule has 0 spiro atoms. The van der Waals surface area contributed by atoms with Crippen LogP contribution >= 0.6 is 0 Å². The second-order valence-corrected chi connectivity index (χ2v) is 4.33. The van der Waals surface area contributed by atoms with E-state index >= 15 is 0 Å². The van der Waals surface area contributed by atoms with Gasteiger partial charge in [0.25, 0.3) is 0 Å². The molecule has 0 radical (unpaired) electrons. The highest BCUT2D eigenvalue weighted by Gasteiger charge is 2.25. The monoisotopic (exact) mass is 241 g/mol. The zero-order valence-corrected chi connectivity index (χ0v) is 10.2. The van der Waals surface area contributed by atoms with Crippen molar-refractivity contribution in [2.75, 3.05) is 7.05 Å². The van der Waals surface area contributed by atoms with Crippen molar-refractivity contribution in [1.29, 1.82) is 0 Å². The summed E-state index contributed by atoms with van der Waals surface area (Å²) < 4.78 is 0. The summed E-state index contributed by atoms with van der Waals surface area (Å²) in [6.07, 6.45) is 3.47. The maximum atomic E-state index is 4.38. The zero-order chi connectivity index (χ0) is 12.4. The lowest BCUT2D eigenvalue weighted by atomic mass is 10.2. The van der Waals surface area contributed by atoms with Gasteiger partial charge in [0.05, 0.1) is 12.7 Å². The van der Waals surface area contributed by atoms with E-state index in [1.807, 2.05) is 25.2 Å². The molecule has 1 aromatic carbocycles. The molecule has 2 N–H and O–H groups in total. The summed E-state index contributed by atoms with van der Waals surface area (Å²) in [6, 6.07) is 10.3. The SMILES string of the molecule is CN(Cc1ccccc1)C1=C2N=CNC2NC=N1. The molecule has 92 valence electrons. The standard InChI is InChI=1S/C13H15N5/c1-18(7-10-5-3-2-4-6-10)13-11-12(15-8-14-11)16-9-17-13/h2-6,8-9,12H,7H2,1H3,(H,14,15)(H,16,17). The van der Waals surface area contributed by atoms with Gasteiger partial charge in [0.2, 0.25) is 0 Å². The molecule has 3 rings (SSSR count). The molecule has 0 saturated carbocycles. The Labute approximate surface area is 106 Å². The molecular formula is C13H15N5. The second-order valence-electron chi connectivity index (χ2n) is 4.33. The third-order valence-corrected chi connectivity index (χ3v) is 3.00. The van der Waals surface area contributed by atoms with Gasteiger partial charge in [-0.3, -0.25) is 0 Å². The fraction of sp³-hybridized carbons (Fsp3) is 0.231. The Morgan fingerprint density at radius 3 is 2.61 bits per heavy atom. The number of aliphatic imine (C=N–C) groups is 2. The van der Waals surface area contributed by atoms with E-state index in [4.69, 9.17) is 0 Å². The van der Waals surface area contributed by atoms with Crippen molar-refractivity contribution >= 4 is 12.7 Å². The van der Waals surface area contributed by atoms with E-state index in [-0.39, 0.29) is 6.17 Å². The number of nitrogens with zero attached hydrogens (tertiary/aromatic N) is 3. The number of fused-ring (bicyclic) bond motifs is 1. The molecule has 1 unspecified atom stereocenters. The van der Waals surface area contributed by atoms with Crippen molar-refractivity contribution in [3.05, 3.63) is 47.4 Å². The molecule has 2 aliphatic heterocycles. The van der Waals surface area contributed by atoms with Crippen LogP contribution in [0, 0.1) is 0 Å². The summed E-state index contributed by atoms with van der Waals surface area (Å²) in [7, 11) is 2.03. The largest absolute Gasteiger partial charge is 0.354 e. The molecule has 0 saturated heterocycles. The Hall–Kier alpha value is -2.30. The Morgan fingerprint density at radius 1 is 1.11 bits per heavy atom. The number of nitrogens with one attached hydrogen (secondary N) is 2. The molecule has 0 fully saturated rings. The van der Waals surface area contributed by atoms with Gasteiger partial charge in [-0.2, -0.15) is 0 Å². The van der Waals surface area contributed by atoms with Gasteiger partial charge in [0.15, 0.2) is 5.82 Å². The Morgan fingerprint density at radius 2 is 1.83 bits per heavy atom. The van der Waals surface area contributed by atoms with Crippen molar-refractivity contribution in [3.63, 3.8) is 0 Å². The van der Waals surface area contributed by atoms with Gasteiger partial charge in [-0.15, -0.1) is 0 Å². The zero-order valence-electron chi connectivity index (χ0n) is 10.2. The van der Waals surface area contributed by atoms with E-state index in [0.29, 0.717) is 0 Å². The lowest BCUT2D eigenvalue weighted by Crippen LogP contribution is -2.42. The highest BCUT2D eigenvalue weighted by Crippen LogP contribution is 2.20. The highest BCUT2D eigenvalue weighted by molar-refractivity contribution is 5.68. The fourth-order valence-electron chi connectivity index (χ4n) is 2.11. The predicted molar refractivity (Wildman–Crippen MR) is 72.0 cm³/mol. The van der Waals surface area contributed by atoms with Crippen LogP contribution in [0.3, 0.4) is 0 Å². The van der Waals surface area contributed by atoms with E-state index in [1.165, 1.54) is 5.56 Å². The summed E-state index contributed by atoms with van der Waals surface area (Å²) in [5, 5.41) is 6.25. The van der Waals surface area contributed by atoms with E-state index in [2.05, 4.69) is 37.7 Å². The van der Waals surface area contributed by atoms with Gasteiger partial charge >= 0.3 is 0 Å². The summed E-state index contributed by atoms with van der Waals surface area (Å²) in [4.78, 5) is 10.8. The van der Waals surface area contributed by atoms with Gasteiger partial charge in [0.1, 0.15) is 11.9 Å². The van der Waals surface area contributed by atoms with Crippen LogP contribution in [0.4, 0.5) is 0 Å². The van der Waals surface area contributed by atoms with Gasteiger partial charge in [0, 0.05) is 13.6 Å². The molecule has 1 atom stereocenters. The molecule has 18 heavy (non-hydrogen) atoms. The first kappa shape index (κ1) is 10.8. The highest BCUT2D eigenvalue weighted by atomic mass is 15.3. The third-order valence-electron chi connectivity index (χ3n) is 3.00. The van der Waals surface area contributed by atoms with E-state index in [0.717, 1.165) is 18.1 Å². The molecule has 0 bridgehead atoms. The van der Waals surface area contributed by atoms with Crippen molar-refractivity contribution in [3.8, 4) is 0 Å². The number of benzene rings is 1. The molecule has 0 aromatic heterocycles. The quantitative estimate of drug-likeness (QED) is 0.826. The molecular weight excluding hydrogens is 226 g/mol. The summed E-state index contributed by atoms with van der Waals surface area (Å²) in [5.74, 6) is 0.906. The number of hydrogen-bond donors (Lipinski definition) is 2. The van der Waals surface area contributed by atoms with Gasteiger partial charge in [-0.1, -0.05) is 30.3 Å². The molecule has 2 heterocycles. The van der Waals surface area contributed by atoms with Crippen molar-refractivity contribution in [2.24, 2.45) is 9.98 Å². The Balaban J connectivity index is 1.82. The minimum absolute atomic E-state index is 0.0516. The van der Waals surface area contributed by atoms with E-state index in [9.17, 15) is 0 Å². The first-order valence-corrected chi connectivity index (χ1v) is 5.91. The lowest BCUT2D eigenvalue weighted by Gasteiger charge is -2.25. The van der Waals surface area contributed by atoms with Crippen molar-refractivity contribution in [1.82, 2.24) is 15.5 Å². The van der Waals surface area contributed by atoms with Crippen LogP contribution in [0.25, 0.3) is 0 Å². The molecule has 0 aliphatic carbocycles. The molecule has 5 heteroatoms. The minimum atomic E-state index is 0.0516. The van der Waals surface area contributed by atoms with Crippen molar-refractivity contribution in [2.45, 2.75) is 12.7 Å². The first-order chi connectivity index (χ1) is 8.84. The van der Waals surface area contributed by atoms with Crippen LogP contribution < -0.4 is 10.6 Å². The van der Waals surface area contributed by atoms with Gasteiger partial charge in [-0.05, 0) is 5.56 Å². The molecule has 5 nitrogen and oxygen atoms in total. The predicted octanol–water partition coefficient (Wildman–Crippen LogP) is 0.877. The van der Waals surface area contributed by atoms with Crippen LogP contribution in [0.1, 0.15) is 5.56 Å². The number of hydrogen-bond acceptors (Lipinski definition) is 5. The summed E-state index contributed by atoms with van der Waals surface area (Å²) >= 11 is 0. The van der Waals surface area contributed by atoms with E-state index in [1.54, 1.807) is 12.7 Å². The second kappa shape index (κ2) is 4.52. The molecule has 2 aliphatic rings. The number of rotatable bonds is 3. The summed E-state index contributed by atoms with van der Waals surface area (Å²) in [6.45, 7) is 0.819. The maximum absolute atomic E-state index is 4.38. The van der Waals surface area contributed by atoms with Gasteiger partial charge < -0.3 is 15.5 Å². The van der Waals surface area contributed by atoms with Crippen LogP contribution in [0.2, 0.25) is 0 Å². The minimum Gasteiger partial charge on any atom is -0.354 e. The fourth-order valence-corrected chi connectivity index (χ4v) is 2.11. The molecule has 0 amide bonds. The topological polar surface area (TPSA) is 52.0 Å². The maximum Gasteiger partial charge on any atom is 0.156 e. The van der Waals surface area contributed by atoms with Crippen LogP contribution in [0.15, 0.2) is 51.8 Å². The van der Waals surface area contributed by atoms with Crippen LogP contribution in [-0.4, -0.2) is 30.8 Å². The smallest absolute Gasteiger partial charge is 0.156 e.